The summed E-state index contributed by atoms with van der Waals surface area (Å²) in [6, 6.07) is 0. The Bertz CT molecular complexity index is 136. The van der Waals surface area contributed by atoms with Gasteiger partial charge in [-0.25, -0.2) is 13.6 Å². The van der Waals surface area contributed by atoms with Crippen LogP contribution >= 0.6 is 12.6 Å². The topological polar surface area (TPSA) is 60.2 Å². The van der Waals surface area contributed by atoms with Crippen molar-refractivity contribution in [1.29, 1.82) is 0 Å². The average molecular weight is 141 g/mol. The van der Waals surface area contributed by atoms with Gasteiger partial charge in [-0.2, -0.15) is 12.6 Å². The van der Waals surface area contributed by atoms with E-state index < -0.39 is 14.6 Å². The second-order valence-corrected chi connectivity index (χ2v) is 4.20. The molecule has 3 nitrogen and oxygen atoms in total. The SMILES string of the molecule is CC(S)S(N)(=O)=O. The zero-order valence-corrected chi connectivity index (χ0v) is 5.54. The van der Waals surface area contributed by atoms with E-state index in [1.807, 2.05) is 0 Å². The summed E-state index contributed by atoms with van der Waals surface area (Å²) in [6.07, 6.45) is 0. The summed E-state index contributed by atoms with van der Waals surface area (Å²) in [6.45, 7) is 1.40. The van der Waals surface area contributed by atoms with E-state index in [2.05, 4.69) is 17.8 Å². The van der Waals surface area contributed by atoms with Gasteiger partial charge in [0.1, 0.15) is 4.58 Å². The number of rotatable bonds is 1. The van der Waals surface area contributed by atoms with Gasteiger partial charge in [0.05, 0.1) is 0 Å². The minimum absolute atomic E-state index is 0.757. The Morgan fingerprint density at radius 2 is 1.86 bits per heavy atom. The van der Waals surface area contributed by atoms with Crippen LogP contribution in [0, 0.1) is 0 Å². The van der Waals surface area contributed by atoms with Gasteiger partial charge in [0.2, 0.25) is 10.0 Å². The zero-order chi connectivity index (χ0) is 6.08. The maximum atomic E-state index is 10.0. The van der Waals surface area contributed by atoms with Crippen LogP contribution in [0.5, 0.6) is 0 Å². The molecule has 2 N–H and O–H groups in total. The first-order chi connectivity index (χ1) is 2.94. The Kier molecular flexibility index (Phi) is 2.09. The molecule has 5 heteroatoms. The van der Waals surface area contributed by atoms with Gasteiger partial charge in [-0.1, -0.05) is 0 Å². The van der Waals surface area contributed by atoms with Crippen LogP contribution in [0.2, 0.25) is 0 Å². The summed E-state index contributed by atoms with van der Waals surface area (Å²) in [4.78, 5) is 0. The van der Waals surface area contributed by atoms with Crippen molar-refractivity contribution in [1.82, 2.24) is 0 Å². The molecule has 0 bridgehead atoms. The van der Waals surface area contributed by atoms with E-state index in [1.54, 1.807) is 0 Å². The largest absolute Gasteiger partial charge is 0.228 e. The summed E-state index contributed by atoms with van der Waals surface area (Å²) in [7, 11) is -3.38. The number of hydrogen-bond donors (Lipinski definition) is 2. The number of sulfonamides is 1. The molecule has 0 aliphatic carbocycles. The normalized spacial score (nSPS) is 16.4. The first-order valence-electron chi connectivity index (χ1n) is 1.64. The van der Waals surface area contributed by atoms with Crippen LogP contribution in [-0.2, 0) is 10.0 Å². The molecule has 0 aromatic heterocycles. The predicted molar refractivity (Wildman–Crippen MR) is 31.6 cm³/mol. The molecule has 0 rings (SSSR count). The van der Waals surface area contributed by atoms with Crippen molar-refractivity contribution < 1.29 is 8.42 Å². The van der Waals surface area contributed by atoms with E-state index in [-0.39, 0.29) is 0 Å². The fourth-order valence-electron chi connectivity index (χ4n) is 0. The maximum Gasteiger partial charge on any atom is 0.220 e. The van der Waals surface area contributed by atoms with Gasteiger partial charge >= 0.3 is 0 Å². The Hall–Kier alpha value is 0.260. The summed E-state index contributed by atoms with van der Waals surface area (Å²) < 4.78 is 19.3. The fourth-order valence-corrected chi connectivity index (χ4v) is 0. The van der Waals surface area contributed by atoms with Gasteiger partial charge in [0, 0.05) is 0 Å². The first kappa shape index (κ1) is 7.26. The molecule has 0 radical (unpaired) electrons. The first-order valence-corrected chi connectivity index (χ1v) is 3.77. The van der Waals surface area contributed by atoms with Gasteiger partial charge in [-0.15, -0.1) is 0 Å². The molecule has 0 aromatic carbocycles. The molecule has 0 spiro atoms. The molecule has 0 aliphatic rings. The van der Waals surface area contributed by atoms with Crippen molar-refractivity contribution in [2.24, 2.45) is 5.14 Å². The molecule has 1 atom stereocenters. The number of thiol groups is 1. The number of primary sulfonamides is 1. The minimum atomic E-state index is -3.38. The second kappa shape index (κ2) is 2.02. The van der Waals surface area contributed by atoms with Crippen LogP contribution in [0.4, 0.5) is 0 Å². The third kappa shape index (κ3) is 2.90. The highest BCUT2D eigenvalue weighted by Gasteiger charge is 2.07. The lowest BCUT2D eigenvalue weighted by atomic mass is 11.0. The van der Waals surface area contributed by atoms with E-state index in [1.165, 1.54) is 6.92 Å². The lowest BCUT2D eigenvalue weighted by Crippen LogP contribution is -2.20. The Balaban J connectivity index is 4.10. The molecule has 0 fully saturated rings. The molecule has 0 heterocycles. The van der Waals surface area contributed by atoms with Crippen LogP contribution in [0.15, 0.2) is 0 Å². The fraction of sp³-hybridized carbons (Fsp3) is 1.00. The van der Waals surface area contributed by atoms with Gasteiger partial charge in [0.25, 0.3) is 0 Å². The summed E-state index contributed by atoms with van der Waals surface area (Å²) >= 11 is 3.57. The molecular weight excluding hydrogens is 134 g/mol. The number of nitrogens with two attached hydrogens (primary N) is 1. The quantitative estimate of drug-likeness (QED) is 0.486. The van der Waals surface area contributed by atoms with Gasteiger partial charge < -0.3 is 0 Å². The highest BCUT2D eigenvalue weighted by atomic mass is 32.3. The van der Waals surface area contributed by atoms with Crippen molar-refractivity contribution >= 4 is 22.7 Å². The Morgan fingerprint density at radius 1 is 1.71 bits per heavy atom. The highest BCUT2D eigenvalue weighted by molar-refractivity contribution is 8.03. The second-order valence-electron chi connectivity index (χ2n) is 1.19. The van der Waals surface area contributed by atoms with Crippen molar-refractivity contribution in [3.8, 4) is 0 Å². The molecule has 44 valence electrons. The molecule has 7 heavy (non-hydrogen) atoms. The molecule has 0 amide bonds. The van der Waals surface area contributed by atoms with Crippen LogP contribution in [0.25, 0.3) is 0 Å². The van der Waals surface area contributed by atoms with Crippen LogP contribution in [0.1, 0.15) is 6.92 Å². The third-order valence-electron chi connectivity index (χ3n) is 0.475. The Morgan fingerprint density at radius 3 is 1.86 bits per heavy atom. The lowest BCUT2D eigenvalue weighted by Gasteiger charge is -1.95. The van der Waals surface area contributed by atoms with Crippen molar-refractivity contribution in [2.45, 2.75) is 11.5 Å². The molecule has 0 aliphatic heterocycles. The average Bonchev–Trinajstić information content (AvgIpc) is 1.31. The molecular formula is C2H7NO2S2. The highest BCUT2D eigenvalue weighted by Crippen LogP contribution is 1.96. The van der Waals surface area contributed by atoms with E-state index >= 15 is 0 Å². The van der Waals surface area contributed by atoms with E-state index in [0.29, 0.717) is 0 Å². The van der Waals surface area contributed by atoms with Crippen LogP contribution < -0.4 is 5.14 Å². The van der Waals surface area contributed by atoms with Crippen molar-refractivity contribution in [3.63, 3.8) is 0 Å². The Labute approximate surface area is 48.4 Å². The molecule has 1 unspecified atom stereocenters. The van der Waals surface area contributed by atoms with Crippen molar-refractivity contribution in [3.05, 3.63) is 0 Å². The smallest absolute Gasteiger partial charge is 0.220 e. The summed E-state index contributed by atoms with van der Waals surface area (Å²) in [5, 5.41) is 4.57. The zero-order valence-electron chi connectivity index (χ0n) is 3.83. The monoisotopic (exact) mass is 141 g/mol. The van der Waals surface area contributed by atoms with E-state index in [9.17, 15) is 8.42 Å². The van der Waals surface area contributed by atoms with E-state index in [4.69, 9.17) is 0 Å². The van der Waals surface area contributed by atoms with Crippen molar-refractivity contribution in [2.75, 3.05) is 0 Å². The summed E-state index contributed by atoms with van der Waals surface area (Å²) in [5.74, 6) is 0. The standard InChI is InChI=1S/C2H7NO2S2/c1-2(6)7(3,4)5/h2,6H,1H3,(H2,3,4,5). The lowest BCUT2D eigenvalue weighted by molar-refractivity contribution is 0.597. The van der Waals surface area contributed by atoms with Crippen LogP contribution in [-0.4, -0.2) is 13.0 Å². The van der Waals surface area contributed by atoms with Crippen LogP contribution in [0.3, 0.4) is 0 Å². The van der Waals surface area contributed by atoms with Gasteiger partial charge in [-0.05, 0) is 6.92 Å². The summed E-state index contributed by atoms with van der Waals surface area (Å²) in [5.41, 5.74) is 0. The number of hydrogen-bond acceptors (Lipinski definition) is 3. The molecule has 0 aromatic rings. The minimum Gasteiger partial charge on any atom is -0.228 e. The molecule has 0 saturated heterocycles. The van der Waals surface area contributed by atoms with Gasteiger partial charge in [-0.3, -0.25) is 0 Å². The maximum absolute atomic E-state index is 10.0. The van der Waals surface area contributed by atoms with E-state index in [0.717, 1.165) is 0 Å². The predicted octanol–water partition coefficient (Wildman–Crippen LogP) is -0.449. The third-order valence-corrected chi connectivity index (χ3v) is 2.31. The molecule has 0 saturated carbocycles. The van der Waals surface area contributed by atoms with Gasteiger partial charge in [0.15, 0.2) is 0 Å².